The highest BCUT2D eigenvalue weighted by molar-refractivity contribution is 5.66. The van der Waals surface area contributed by atoms with Gasteiger partial charge in [0.1, 0.15) is 0 Å². The predicted octanol–water partition coefficient (Wildman–Crippen LogP) is 4.40. The van der Waals surface area contributed by atoms with E-state index in [9.17, 15) is 0 Å². The SMILES string of the molecule is C=C1C=Cc2ccccc2[C@H]1c1ccccc1. The highest BCUT2D eigenvalue weighted by Crippen LogP contribution is 2.37. The van der Waals surface area contributed by atoms with Gasteiger partial charge < -0.3 is 0 Å². The van der Waals surface area contributed by atoms with E-state index in [0.717, 1.165) is 5.57 Å². The van der Waals surface area contributed by atoms with Crippen molar-refractivity contribution in [1.29, 1.82) is 0 Å². The summed E-state index contributed by atoms with van der Waals surface area (Å²) in [5.74, 6) is 0.303. The van der Waals surface area contributed by atoms with Gasteiger partial charge >= 0.3 is 0 Å². The summed E-state index contributed by atoms with van der Waals surface area (Å²) in [6.45, 7) is 4.18. The molecule has 0 radical (unpaired) electrons. The van der Waals surface area contributed by atoms with E-state index in [2.05, 4.69) is 73.3 Å². The molecule has 3 rings (SSSR count). The van der Waals surface area contributed by atoms with Crippen LogP contribution in [0.2, 0.25) is 0 Å². The highest BCUT2D eigenvalue weighted by atomic mass is 14.2. The second kappa shape index (κ2) is 4.06. The number of rotatable bonds is 1. The molecular weight excluding hydrogens is 204 g/mol. The van der Waals surface area contributed by atoms with Crippen molar-refractivity contribution < 1.29 is 0 Å². The maximum absolute atomic E-state index is 4.18. The largest absolute Gasteiger partial charge is 0.0949 e. The summed E-state index contributed by atoms with van der Waals surface area (Å²) in [7, 11) is 0. The molecule has 0 heteroatoms. The van der Waals surface area contributed by atoms with E-state index >= 15 is 0 Å². The lowest BCUT2D eigenvalue weighted by Gasteiger charge is -2.24. The van der Waals surface area contributed by atoms with Gasteiger partial charge in [0.15, 0.2) is 0 Å². The minimum Gasteiger partial charge on any atom is -0.0949 e. The Morgan fingerprint density at radius 2 is 1.47 bits per heavy atom. The molecule has 0 spiro atoms. The number of allylic oxidation sites excluding steroid dienone is 2. The van der Waals surface area contributed by atoms with Crippen LogP contribution >= 0.6 is 0 Å². The molecule has 1 aliphatic rings. The Morgan fingerprint density at radius 1 is 0.765 bits per heavy atom. The summed E-state index contributed by atoms with van der Waals surface area (Å²) in [5, 5.41) is 0. The molecule has 1 atom stereocenters. The van der Waals surface area contributed by atoms with E-state index in [1.807, 2.05) is 0 Å². The lowest BCUT2D eigenvalue weighted by Crippen LogP contribution is -2.07. The molecule has 0 unspecified atom stereocenters. The van der Waals surface area contributed by atoms with Crippen LogP contribution < -0.4 is 0 Å². The predicted molar refractivity (Wildman–Crippen MR) is 72.9 cm³/mol. The van der Waals surface area contributed by atoms with Crippen LogP contribution in [0, 0.1) is 0 Å². The van der Waals surface area contributed by atoms with Gasteiger partial charge in [0.2, 0.25) is 0 Å². The summed E-state index contributed by atoms with van der Waals surface area (Å²) in [6, 6.07) is 19.1. The van der Waals surface area contributed by atoms with Gasteiger partial charge in [-0.15, -0.1) is 0 Å². The number of benzene rings is 2. The Hall–Kier alpha value is -2.08. The molecular formula is C17H14. The Labute approximate surface area is 102 Å². The Balaban J connectivity index is 2.17. The first-order chi connectivity index (χ1) is 8.36. The van der Waals surface area contributed by atoms with Crippen LogP contribution in [0.5, 0.6) is 0 Å². The highest BCUT2D eigenvalue weighted by Gasteiger charge is 2.20. The Morgan fingerprint density at radius 3 is 2.29 bits per heavy atom. The fourth-order valence-corrected chi connectivity index (χ4v) is 2.46. The van der Waals surface area contributed by atoms with Crippen molar-refractivity contribution in [2.45, 2.75) is 5.92 Å². The molecule has 82 valence electrons. The van der Waals surface area contributed by atoms with Crippen LogP contribution in [0.15, 0.2) is 72.8 Å². The monoisotopic (exact) mass is 218 g/mol. The van der Waals surface area contributed by atoms with Crippen molar-refractivity contribution in [3.05, 3.63) is 89.5 Å². The lowest BCUT2D eigenvalue weighted by molar-refractivity contribution is 0.970. The average Bonchev–Trinajstić information content (AvgIpc) is 2.39. The molecule has 1 aliphatic carbocycles. The first kappa shape index (κ1) is 10.1. The van der Waals surface area contributed by atoms with Crippen LogP contribution in [0.1, 0.15) is 22.6 Å². The topological polar surface area (TPSA) is 0 Å². The van der Waals surface area contributed by atoms with Gasteiger partial charge in [0, 0.05) is 5.92 Å². The minimum atomic E-state index is 0.303. The molecule has 0 N–H and O–H groups in total. The third-order valence-electron chi connectivity index (χ3n) is 3.29. The number of hydrogen-bond donors (Lipinski definition) is 0. The molecule has 0 saturated heterocycles. The van der Waals surface area contributed by atoms with Crippen LogP contribution in [0.4, 0.5) is 0 Å². The zero-order chi connectivity index (χ0) is 11.7. The van der Waals surface area contributed by atoms with Gasteiger partial charge in [-0.1, -0.05) is 73.3 Å². The van der Waals surface area contributed by atoms with Gasteiger partial charge in [-0.3, -0.25) is 0 Å². The normalized spacial score (nSPS) is 17.9. The van der Waals surface area contributed by atoms with E-state index in [0.29, 0.717) is 5.92 Å². The summed E-state index contributed by atoms with van der Waals surface area (Å²) in [4.78, 5) is 0. The summed E-state index contributed by atoms with van der Waals surface area (Å²) in [5.41, 5.74) is 5.13. The van der Waals surface area contributed by atoms with Crippen molar-refractivity contribution in [3.8, 4) is 0 Å². The Kier molecular flexibility index (Phi) is 2.41. The smallest absolute Gasteiger partial charge is 0.0340 e. The molecule has 0 saturated carbocycles. The van der Waals surface area contributed by atoms with E-state index in [-0.39, 0.29) is 0 Å². The zero-order valence-corrected chi connectivity index (χ0v) is 9.64. The molecule has 0 aromatic heterocycles. The molecule has 0 heterocycles. The van der Waals surface area contributed by atoms with Crippen LogP contribution in [-0.2, 0) is 0 Å². The van der Waals surface area contributed by atoms with E-state index < -0.39 is 0 Å². The minimum absolute atomic E-state index is 0.303. The molecule has 0 aliphatic heterocycles. The van der Waals surface area contributed by atoms with Crippen LogP contribution in [0.3, 0.4) is 0 Å². The molecule has 0 nitrogen and oxygen atoms in total. The van der Waals surface area contributed by atoms with E-state index in [1.54, 1.807) is 0 Å². The van der Waals surface area contributed by atoms with Crippen LogP contribution in [0.25, 0.3) is 6.08 Å². The first-order valence-electron chi connectivity index (χ1n) is 5.87. The van der Waals surface area contributed by atoms with Crippen molar-refractivity contribution in [2.24, 2.45) is 0 Å². The second-order valence-corrected chi connectivity index (χ2v) is 4.38. The fraction of sp³-hybridized carbons (Fsp3) is 0.0588. The standard InChI is InChI=1S/C17H14/c1-13-11-12-14-7-5-6-10-16(14)17(13)15-8-3-2-4-9-15/h2-12,17H,1H2/t17-/m1/s1. The third-order valence-corrected chi connectivity index (χ3v) is 3.29. The summed E-state index contributed by atoms with van der Waals surface area (Å²) < 4.78 is 0. The van der Waals surface area contributed by atoms with Gasteiger partial charge in [0.25, 0.3) is 0 Å². The molecule has 0 bridgehead atoms. The van der Waals surface area contributed by atoms with Crippen molar-refractivity contribution >= 4 is 6.08 Å². The van der Waals surface area contributed by atoms with Crippen molar-refractivity contribution in [1.82, 2.24) is 0 Å². The molecule has 0 amide bonds. The van der Waals surface area contributed by atoms with Crippen molar-refractivity contribution in [2.75, 3.05) is 0 Å². The molecule has 0 fully saturated rings. The zero-order valence-electron chi connectivity index (χ0n) is 9.64. The van der Waals surface area contributed by atoms with Crippen LogP contribution in [-0.4, -0.2) is 0 Å². The first-order valence-corrected chi connectivity index (χ1v) is 5.87. The maximum Gasteiger partial charge on any atom is 0.0340 e. The lowest BCUT2D eigenvalue weighted by atomic mass is 9.80. The maximum atomic E-state index is 4.18. The molecule has 2 aromatic carbocycles. The summed E-state index contributed by atoms with van der Waals surface area (Å²) in [6.07, 6.45) is 4.27. The van der Waals surface area contributed by atoms with E-state index in [4.69, 9.17) is 0 Å². The van der Waals surface area contributed by atoms with E-state index in [1.165, 1.54) is 16.7 Å². The fourth-order valence-electron chi connectivity index (χ4n) is 2.46. The third kappa shape index (κ3) is 1.72. The van der Waals surface area contributed by atoms with Gasteiger partial charge in [0.05, 0.1) is 0 Å². The average molecular weight is 218 g/mol. The number of fused-ring (bicyclic) bond motifs is 1. The molecule has 17 heavy (non-hydrogen) atoms. The van der Waals surface area contributed by atoms with Gasteiger partial charge in [-0.2, -0.15) is 0 Å². The van der Waals surface area contributed by atoms with Gasteiger partial charge in [-0.25, -0.2) is 0 Å². The summed E-state index contributed by atoms with van der Waals surface area (Å²) >= 11 is 0. The van der Waals surface area contributed by atoms with Crippen molar-refractivity contribution in [3.63, 3.8) is 0 Å². The second-order valence-electron chi connectivity index (χ2n) is 4.38. The molecule has 2 aromatic rings. The number of hydrogen-bond acceptors (Lipinski definition) is 0. The van der Waals surface area contributed by atoms with Gasteiger partial charge in [-0.05, 0) is 22.3 Å². The quantitative estimate of drug-likeness (QED) is 0.665. The Bertz CT molecular complexity index is 576.